The highest BCUT2D eigenvalue weighted by Crippen LogP contribution is 2.18. The lowest BCUT2D eigenvalue weighted by atomic mass is 10.2. The molecule has 0 N–H and O–H groups in total. The van der Waals surface area contributed by atoms with Crippen LogP contribution in [0.25, 0.3) is 0 Å². The quantitative estimate of drug-likeness (QED) is 0.745. The van der Waals surface area contributed by atoms with Crippen molar-refractivity contribution in [3.05, 3.63) is 29.8 Å². The van der Waals surface area contributed by atoms with Gasteiger partial charge in [0.25, 0.3) is 0 Å². The van der Waals surface area contributed by atoms with Crippen LogP contribution >= 0.6 is 11.9 Å². The van der Waals surface area contributed by atoms with Crippen molar-refractivity contribution in [3.63, 3.8) is 0 Å². The lowest BCUT2D eigenvalue weighted by Crippen LogP contribution is -2.43. The molecule has 0 saturated carbocycles. The van der Waals surface area contributed by atoms with E-state index in [9.17, 15) is 0 Å². The fourth-order valence-corrected chi connectivity index (χ4v) is 2.41. The molecule has 2 nitrogen and oxygen atoms in total. The van der Waals surface area contributed by atoms with E-state index < -0.39 is 0 Å². The molecule has 0 bridgehead atoms. The molecule has 1 saturated heterocycles. The first kappa shape index (κ1) is 14.4. The van der Waals surface area contributed by atoms with Crippen LogP contribution in [0.15, 0.2) is 24.3 Å². The first-order valence-electron chi connectivity index (χ1n) is 6.40. The summed E-state index contributed by atoms with van der Waals surface area (Å²) < 4.78 is 2.42. The number of nitrogens with zero attached hydrogens (tertiary/aromatic N) is 2. The van der Waals surface area contributed by atoms with Crippen molar-refractivity contribution < 1.29 is 0 Å². The minimum atomic E-state index is 1.14. The van der Waals surface area contributed by atoms with Crippen LogP contribution in [0.4, 0.5) is 5.69 Å². The fourth-order valence-electron chi connectivity index (χ4n) is 1.88. The van der Waals surface area contributed by atoms with E-state index in [1.165, 1.54) is 11.3 Å². The molecule has 2 rings (SSSR count). The van der Waals surface area contributed by atoms with Gasteiger partial charge in [-0.25, -0.2) is 4.31 Å². The number of piperazine rings is 1. The minimum absolute atomic E-state index is 1.14. The van der Waals surface area contributed by atoms with Crippen LogP contribution in [0, 0.1) is 6.92 Å². The lowest BCUT2D eigenvalue weighted by Gasteiger charge is -2.34. The molecule has 0 radical (unpaired) electrons. The molecule has 1 aliphatic rings. The molecule has 1 fully saturated rings. The molecule has 17 heavy (non-hydrogen) atoms. The Morgan fingerprint density at radius 1 is 0.941 bits per heavy atom. The second-order valence-electron chi connectivity index (χ2n) is 3.93. The van der Waals surface area contributed by atoms with E-state index in [0.29, 0.717) is 0 Å². The van der Waals surface area contributed by atoms with Gasteiger partial charge in [-0.3, -0.25) is 0 Å². The zero-order valence-corrected chi connectivity index (χ0v) is 12.3. The summed E-state index contributed by atoms with van der Waals surface area (Å²) in [6.07, 6.45) is 2.15. The van der Waals surface area contributed by atoms with Crippen molar-refractivity contribution in [3.8, 4) is 0 Å². The van der Waals surface area contributed by atoms with Crippen molar-refractivity contribution in [1.82, 2.24) is 4.31 Å². The van der Waals surface area contributed by atoms with Gasteiger partial charge in [-0.05, 0) is 25.3 Å². The van der Waals surface area contributed by atoms with Gasteiger partial charge in [-0.1, -0.05) is 43.5 Å². The van der Waals surface area contributed by atoms with Crippen LogP contribution in [0.1, 0.15) is 19.4 Å². The molecule has 1 aromatic rings. The molecular weight excluding hydrogens is 228 g/mol. The van der Waals surface area contributed by atoms with Crippen molar-refractivity contribution in [2.45, 2.75) is 20.8 Å². The Kier molecular flexibility index (Phi) is 6.45. The Bertz CT molecular complexity index is 303. The second-order valence-corrected chi connectivity index (χ2v) is 4.82. The number of aryl methyl sites for hydroxylation is 1. The van der Waals surface area contributed by atoms with E-state index in [1.54, 1.807) is 0 Å². The molecule has 0 aliphatic carbocycles. The molecule has 0 spiro atoms. The van der Waals surface area contributed by atoms with Crippen molar-refractivity contribution >= 4 is 17.6 Å². The molecule has 0 unspecified atom stereocenters. The van der Waals surface area contributed by atoms with Crippen LogP contribution in [-0.4, -0.2) is 36.7 Å². The smallest absolute Gasteiger partial charge is 0.0367 e. The van der Waals surface area contributed by atoms with Gasteiger partial charge in [-0.15, -0.1) is 0 Å². The predicted molar refractivity (Wildman–Crippen MR) is 79.8 cm³/mol. The molecule has 1 aliphatic heterocycles. The maximum Gasteiger partial charge on any atom is 0.0367 e. The summed E-state index contributed by atoms with van der Waals surface area (Å²) in [5.41, 5.74) is 2.70. The highest BCUT2D eigenvalue weighted by atomic mass is 32.2. The number of hydrogen-bond donors (Lipinski definition) is 0. The van der Waals surface area contributed by atoms with E-state index in [4.69, 9.17) is 0 Å². The normalized spacial score (nSPS) is 16.4. The van der Waals surface area contributed by atoms with Crippen molar-refractivity contribution in [2.75, 3.05) is 37.3 Å². The van der Waals surface area contributed by atoms with Crippen LogP contribution in [0.3, 0.4) is 0 Å². The minimum Gasteiger partial charge on any atom is -0.369 e. The van der Waals surface area contributed by atoms with Crippen LogP contribution in [0.2, 0.25) is 0 Å². The van der Waals surface area contributed by atoms with E-state index in [1.807, 2.05) is 25.8 Å². The van der Waals surface area contributed by atoms with Gasteiger partial charge in [0.05, 0.1) is 0 Å². The van der Waals surface area contributed by atoms with E-state index in [0.717, 1.165) is 26.2 Å². The summed E-state index contributed by atoms with van der Waals surface area (Å²) in [7, 11) is 0. The summed E-state index contributed by atoms with van der Waals surface area (Å²) in [5.74, 6) is 0. The van der Waals surface area contributed by atoms with E-state index >= 15 is 0 Å². The Hall–Kier alpha value is -0.670. The van der Waals surface area contributed by atoms with Gasteiger partial charge < -0.3 is 4.90 Å². The summed E-state index contributed by atoms with van der Waals surface area (Å²) in [4.78, 5) is 2.46. The topological polar surface area (TPSA) is 6.48 Å². The zero-order chi connectivity index (χ0) is 12.7. The third-order valence-corrected chi connectivity index (χ3v) is 3.78. The Morgan fingerprint density at radius 2 is 1.47 bits per heavy atom. The maximum atomic E-state index is 2.46. The molecule has 1 heterocycles. The SMILES string of the molecule is CC.CSN1CCN(c2ccc(C)cc2)CC1. The summed E-state index contributed by atoms with van der Waals surface area (Å²) in [6, 6.07) is 8.83. The molecule has 3 heteroatoms. The van der Waals surface area contributed by atoms with Crippen LogP contribution < -0.4 is 4.90 Å². The monoisotopic (exact) mass is 252 g/mol. The van der Waals surface area contributed by atoms with Gasteiger partial charge >= 0.3 is 0 Å². The van der Waals surface area contributed by atoms with Gasteiger partial charge in [-0.2, -0.15) is 0 Å². The van der Waals surface area contributed by atoms with Crippen molar-refractivity contribution in [1.29, 1.82) is 0 Å². The van der Waals surface area contributed by atoms with E-state index in [2.05, 4.69) is 46.7 Å². The van der Waals surface area contributed by atoms with Crippen LogP contribution in [-0.2, 0) is 0 Å². The molecule has 0 amide bonds. The van der Waals surface area contributed by atoms with Gasteiger partial charge in [0, 0.05) is 31.9 Å². The first-order chi connectivity index (χ1) is 8.29. The fraction of sp³-hybridized carbons (Fsp3) is 0.571. The molecule has 0 atom stereocenters. The lowest BCUT2D eigenvalue weighted by molar-refractivity contribution is 0.431. The van der Waals surface area contributed by atoms with Gasteiger partial charge in [0.15, 0.2) is 0 Å². The Balaban J connectivity index is 0.000000686. The van der Waals surface area contributed by atoms with Crippen LogP contribution in [0.5, 0.6) is 0 Å². The number of rotatable bonds is 2. The van der Waals surface area contributed by atoms with Gasteiger partial charge in [0.2, 0.25) is 0 Å². The highest BCUT2D eigenvalue weighted by Gasteiger charge is 2.15. The average molecular weight is 252 g/mol. The first-order valence-corrected chi connectivity index (χ1v) is 7.58. The Labute approximate surface area is 110 Å². The zero-order valence-electron chi connectivity index (χ0n) is 11.4. The predicted octanol–water partition coefficient (Wildman–Crippen LogP) is 3.42. The van der Waals surface area contributed by atoms with Gasteiger partial charge in [0.1, 0.15) is 0 Å². The average Bonchev–Trinajstić information content (AvgIpc) is 2.42. The largest absolute Gasteiger partial charge is 0.369 e. The molecular formula is C14H24N2S. The second kappa shape index (κ2) is 7.62. The molecule has 96 valence electrons. The highest BCUT2D eigenvalue weighted by molar-refractivity contribution is 7.96. The summed E-state index contributed by atoms with van der Waals surface area (Å²) >= 11 is 1.85. The molecule has 0 aromatic heterocycles. The summed E-state index contributed by atoms with van der Waals surface area (Å²) in [5, 5.41) is 0. The number of benzene rings is 1. The third kappa shape index (κ3) is 4.25. The number of anilines is 1. The standard InChI is InChI=1S/C12H18N2S.C2H6/c1-11-3-5-12(6-4-11)13-7-9-14(15-2)10-8-13;1-2/h3-6H,7-10H2,1-2H3;1-2H3. The van der Waals surface area contributed by atoms with E-state index in [-0.39, 0.29) is 0 Å². The molecule has 1 aromatic carbocycles. The maximum absolute atomic E-state index is 2.46. The Morgan fingerprint density at radius 3 is 1.94 bits per heavy atom. The number of hydrogen-bond acceptors (Lipinski definition) is 3. The third-order valence-electron chi connectivity index (χ3n) is 2.90. The summed E-state index contributed by atoms with van der Waals surface area (Å²) in [6.45, 7) is 10.7. The van der Waals surface area contributed by atoms with Crippen molar-refractivity contribution in [2.24, 2.45) is 0 Å².